The minimum atomic E-state index is -0.444. The first-order valence-corrected chi connectivity index (χ1v) is 5.45. The fourth-order valence-corrected chi connectivity index (χ4v) is 1.84. The molecule has 0 atom stereocenters. The van der Waals surface area contributed by atoms with Gasteiger partial charge in [0.2, 0.25) is 0 Å². The van der Waals surface area contributed by atoms with Crippen molar-refractivity contribution in [2.75, 3.05) is 0 Å². The predicted octanol–water partition coefficient (Wildman–Crippen LogP) is 1.95. The Bertz CT molecular complexity index is 611. The van der Waals surface area contributed by atoms with E-state index in [4.69, 9.17) is 5.73 Å². The monoisotopic (exact) mass is 234 g/mol. The molecule has 0 saturated heterocycles. The Morgan fingerprint density at radius 3 is 2.71 bits per heavy atom. The lowest BCUT2D eigenvalue weighted by atomic mass is 9.96. The zero-order valence-electron chi connectivity index (χ0n) is 9.88. The van der Waals surface area contributed by atoms with Crippen LogP contribution < -0.4 is 11.3 Å². The summed E-state index contributed by atoms with van der Waals surface area (Å²) in [6, 6.07) is 6.10. The third-order valence-electron chi connectivity index (χ3n) is 2.53. The van der Waals surface area contributed by atoms with Gasteiger partial charge in [0.15, 0.2) is 0 Å². The number of aromatic amines is 1. The Balaban J connectivity index is 2.56. The number of aromatic nitrogens is 1. The lowest BCUT2D eigenvalue weighted by Crippen LogP contribution is -2.36. The van der Waals surface area contributed by atoms with Gasteiger partial charge in [0.1, 0.15) is 5.82 Å². The van der Waals surface area contributed by atoms with Gasteiger partial charge in [-0.25, -0.2) is 4.39 Å². The third kappa shape index (κ3) is 2.71. The van der Waals surface area contributed by atoms with E-state index in [1.165, 1.54) is 12.1 Å². The number of nitrogens with two attached hydrogens (primary N) is 1. The summed E-state index contributed by atoms with van der Waals surface area (Å²) in [5, 5.41) is 0.810. The molecule has 0 aliphatic carbocycles. The Labute approximate surface area is 98.5 Å². The highest BCUT2D eigenvalue weighted by Crippen LogP contribution is 2.14. The lowest BCUT2D eigenvalue weighted by molar-refractivity contribution is 0.514. The minimum Gasteiger partial charge on any atom is -0.325 e. The smallest absolute Gasteiger partial charge is 0.251 e. The summed E-state index contributed by atoms with van der Waals surface area (Å²) >= 11 is 0. The molecule has 0 amide bonds. The largest absolute Gasteiger partial charge is 0.325 e. The quantitative estimate of drug-likeness (QED) is 0.834. The van der Waals surface area contributed by atoms with Crippen molar-refractivity contribution in [3.63, 3.8) is 0 Å². The summed E-state index contributed by atoms with van der Waals surface area (Å²) in [5.74, 6) is -0.361. The summed E-state index contributed by atoms with van der Waals surface area (Å²) in [5.41, 5.74) is 6.37. The first kappa shape index (κ1) is 11.8. The van der Waals surface area contributed by atoms with Crippen molar-refractivity contribution in [1.82, 2.24) is 4.98 Å². The minimum absolute atomic E-state index is 0.207. The Morgan fingerprint density at radius 2 is 2.06 bits per heavy atom. The van der Waals surface area contributed by atoms with Gasteiger partial charge in [-0.2, -0.15) is 0 Å². The van der Waals surface area contributed by atoms with Crippen molar-refractivity contribution < 1.29 is 4.39 Å². The molecule has 0 aliphatic rings. The van der Waals surface area contributed by atoms with Crippen LogP contribution in [0.1, 0.15) is 19.4 Å². The second kappa shape index (κ2) is 3.96. The molecular weight excluding hydrogens is 219 g/mol. The first-order chi connectivity index (χ1) is 7.85. The van der Waals surface area contributed by atoms with Crippen LogP contribution in [-0.4, -0.2) is 10.5 Å². The molecule has 1 aromatic heterocycles. The zero-order valence-corrected chi connectivity index (χ0v) is 9.88. The standard InChI is InChI=1S/C13H15FN2O/c1-13(2,15)7-9-5-8-3-4-10(14)6-11(8)16-12(9)17/h3-6H,7,15H2,1-2H3,(H,16,17). The average Bonchev–Trinajstić information content (AvgIpc) is 2.17. The fraction of sp³-hybridized carbons (Fsp3) is 0.308. The van der Waals surface area contributed by atoms with E-state index in [9.17, 15) is 9.18 Å². The van der Waals surface area contributed by atoms with Gasteiger partial charge in [-0.05, 0) is 49.9 Å². The van der Waals surface area contributed by atoms with E-state index in [1.807, 2.05) is 13.8 Å². The molecular formula is C13H15FN2O. The maximum Gasteiger partial charge on any atom is 0.251 e. The van der Waals surface area contributed by atoms with Crippen LogP contribution in [0.2, 0.25) is 0 Å². The maximum atomic E-state index is 13.0. The van der Waals surface area contributed by atoms with Crippen molar-refractivity contribution in [3.8, 4) is 0 Å². The lowest BCUT2D eigenvalue weighted by Gasteiger charge is -2.17. The molecule has 0 aliphatic heterocycles. The molecule has 2 aromatic rings. The number of H-pyrrole nitrogens is 1. The van der Waals surface area contributed by atoms with Crippen molar-refractivity contribution in [2.45, 2.75) is 25.8 Å². The molecule has 4 heteroatoms. The molecule has 1 aromatic carbocycles. The summed E-state index contributed by atoms with van der Waals surface area (Å²) < 4.78 is 13.0. The van der Waals surface area contributed by atoms with E-state index >= 15 is 0 Å². The van der Waals surface area contributed by atoms with Crippen LogP contribution in [0.15, 0.2) is 29.1 Å². The van der Waals surface area contributed by atoms with E-state index < -0.39 is 5.54 Å². The third-order valence-corrected chi connectivity index (χ3v) is 2.53. The molecule has 0 fully saturated rings. The first-order valence-electron chi connectivity index (χ1n) is 5.45. The summed E-state index contributed by atoms with van der Waals surface area (Å²) in [6.45, 7) is 3.72. The number of rotatable bonds is 2. The molecule has 0 radical (unpaired) electrons. The molecule has 1 heterocycles. The Morgan fingerprint density at radius 1 is 1.35 bits per heavy atom. The Hall–Kier alpha value is -1.68. The van der Waals surface area contributed by atoms with E-state index in [0.29, 0.717) is 17.5 Å². The number of hydrogen-bond acceptors (Lipinski definition) is 2. The SMILES string of the molecule is CC(C)(N)Cc1cc2ccc(F)cc2[nH]c1=O. The predicted molar refractivity (Wildman–Crippen MR) is 66.5 cm³/mol. The van der Waals surface area contributed by atoms with Gasteiger partial charge in [-0.15, -0.1) is 0 Å². The topological polar surface area (TPSA) is 58.9 Å². The highest BCUT2D eigenvalue weighted by Gasteiger charge is 2.14. The summed E-state index contributed by atoms with van der Waals surface area (Å²) in [6.07, 6.45) is 0.482. The van der Waals surface area contributed by atoms with Gasteiger partial charge in [-0.3, -0.25) is 4.79 Å². The zero-order chi connectivity index (χ0) is 12.6. The molecule has 0 unspecified atom stereocenters. The number of pyridine rings is 1. The molecule has 0 spiro atoms. The highest BCUT2D eigenvalue weighted by molar-refractivity contribution is 5.78. The molecule has 90 valence electrons. The number of fused-ring (bicyclic) bond motifs is 1. The van der Waals surface area contributed by atoms with E-state index in [1.54, 1.807) is 12.1 Å². The number of halogens is 1. The van der Waals surface area contributed by atoms with Crippen molar-refractivity contribution in [3.05, 3.63) is 46.0 Å². The van der Waals surface area contributed by atoms with E-state index in [0.717, 1.165) is 5.39 Å². The maximum absolute atomic E-state index is 13.0. The van der Waals surface area contributed by atoms with Gasteiger partial charge in [-0.1, -0.05) is 0 Å². The van der Waals surface area contributed by atoms with Gasteiger partial charge in [0.25, 0.3) is 5.56 Å². The van der Waals surface area contributed by atoms with E-state index in [2.05, 4.69) is 4.98 Å². The fourth-order valence-electron chi connectivity index (χ4n) is 1.84. The highest BCUT2D eigenvalue weighted by atomic mass is 19.1. The van der Waals surface area contributed by atoms with Gasteiger partial charge < -0.3 is 10.7 Å². The summed E-state index contributed by atoms with van der Waals surface area (Å²) in [4.78, 5) is 14.5. The number of nitrogens with one attached hydrogen (secondary N) is 1. The molecule has 3 N–H and O–H groups in total. The molecule has 2 rings (SSSR count). The van der Waals surface area contributed by atoms with Crippen molar-refractivity contribution in [2.24, 2.45) is 5.73 Å². The summed E-state index contributed by atoms with van der Waals surface area (Å²) in [7, 11) is 0. The van der Waals surface area contributed by atoms with Crippen molar-refractivity contribution in [1.29, 1.82) is 0 Å². The molecule has 0 saturated carbocycles. The second-order valence-corrected chi connectivity index (χ2v) is 5.02. The normalized spacial score (nSPS) is 12.0. The van der Waals surface area contributed by atoms with Gasteiger partial charge in [0.05, 0.1) is 5.52 Å². The second-order valence-electron chi connectivity index (χ2n) is 5.02. The number of hydrogen-bond donors (Lipinski definition) is 2. The van der Waals surface area contributed by atoms with Gasteiger partial charge >= 0.3 is 0 Å². The van der Waals surface area contributed by atoms with Crippen LogP contribution in [0.5, 0.6) is 0 Å². The van der Waals surface area contributed by atoms with Crippen LogP contribution in [0.3, 0.4) is 0 Å². The van der Waals surface area contributed by atoms with E-state index in [-0.39, 0.29) is 11.4 Å². The van der Waals surface area contributed by atoms with Crippen LogP contribution in [0, 0.1) is 5.82 Å². The molecule has 3 nitrogen and oxygen atoms in total. The number of benzene rings is 1. The van der Waals surface area contributed by atoms with Crippen LogP contribution in [-0.2, 0) is 6.42 Å². The van der Waals surface area contributed by atoms with Crippen molar-refractivity contribution >= 4 is 10.9 Å². The molecule has 17 heavy (non-hydrogen) atoms. The van der Waals surface area contributed by atoms with Gasteiger partial charge in [0, 0.05) is 11.1 Å². The van der Waals surface area contributed by atoms with Crippen LogP contribution in [0.25, 0.3) is 10.9 Å². The van der Waals surface area contributed by atoms with Crippen LogP contribution >= 0.6 is 0 Å². The molecule has 0 bridgehead atoms. The average molecular weight is 234 g/mol. The van der Waals surface area contributed by atoms with Crippen LogP contribution in [0.4, 0.5) is 4.39 Å². The Kier molecular flexibility index (Phi) is 2.75.